The molecule has 2 fully saturated rings. The van der Waals surface area contributed by atoms with Gasteiger partial charge in [0.25, 0.3) is 0 Å². The van der Waals surface area contributed by atoms with Gasteiger partial charge in [-0.3, -0.25) is 4.68 Å². The molecule has 12 heavy (non-hydrogen) atoms. The lowest BCUT2D eigenvalue weighted by molar-refractivity contribution is 0.630. The highest BCUT2D eigenvalue weighted by Gasteiger charge is 2.31. The van der Waals surface area contributed by atoms with E-state index in [1.165, 1.54) is 35.8 Å². The molecule has 0 atom stereocenters. The maximum absolute atomic E-state index is 4.60. The first-order valence-electron chi connectivity index (χ1n) is 4.59. The number of rotatable bonds is 2. The average Bonchev–Trinajstić information content (AvgIpc) is 2.93. The molecule has 0 unspecified atom stereocenters. The number of hydrogen-bond donors (Lipinski definition) is 0. The van der Waals surface area contributed by atoms with Crippen molar-refractivity contribution in [2.24, 2.45) is 0 Å². The van der Waals surface area contributed by atoms with Crippen LogP contribution in [0.1, 0.15) is 43.3 Å². The highest BCUT2D eigenvalue weighted by atomic mass is 79.9. The van der Waals surface area contributed by atoms with E-state index in [-0.39, 0.29) is 0 Å². The van der Waals surface area contributed by atoms with Gasteiger partial charge in [0.2, 0.25) is 0 Å². The molecule has 0 bridgehead atoms. The fraction of sp³-hybridized carbons (Fsp3) is 0.667. The fourth-order valence-corrected chi connectivity index (χ4v) is 2.16. The van der Waals surface area contributed by atoms with Crippen molar-refractivity contribution in [2.75, 3.05) is 0 Å². The summed E-state index contributed by atoms with van der Waals surface area (Å²) in [6.07, 6.45) is 7.45. The zero-order valence-corrected chi connectivity index (χ0v) is 8.42. The van der Waals surface area contributed by atoms with Gasteiger partial charge < -0.3 is 0 Å². The van der Waals surface area contributed by atoms with Crippen LogP contribution < -0.4 is 0 Å². The van der Waals surface area contributed by atoms with Crippen LogP contribution >= 0.6 is 15.9 Å². The molecule has 1 aromatic heterocycles. The predicted molar refractivity (Wildman–Crippen MR) is 50.2 cm³/mol. The molecule has 0 aliphatic heterocycles. The molecule has 2 aliphatic carbocycles. The van der Waals surface area contributed by atoms with E-state index in [9.17, 15) is 0 Å². The molecule has 0 aromatic carbocycles. The second-order valence-electron chi connectivity index (χ2n) is 3.85. The second kappa shape index (κ2) is 2.34. The minimum absolute atomic E-state index is 0.716. The van der Waals surface area contributed by atoms with Gasteiger partial charge in [0.05, 0.1) is 16.2 Å². The molecule has 0 amide bonds. The lowest BCUT2D eigenvalue weighted by Gasteiger charge is -1.93. The monoisotopic (exact) mass is 226 g/mol. The topological polar surface area (TPSA) is 17.8 Å². The lowest BCUT2D eigenvalue weighted by Crippen LogP contribution is -1.94. The molecule has 0 spiro atoms. The largest absolute Gasteiger partial charge is 0.268 e. The van der Waals surface area contributed by atoms with E-state index in [0.29, 0.717) is 6.04 Å². The number of nitrogens with zero attached hydrogens (tertiary/aromatic N) is 2. The molecule has 2 saturated carbocycles. The number of aromatic nitrogens is 2. The normalized spacial score (nSPS) is 23.1. The van der Waals surface area contributed by atoms with E-state index in [1.54, 1.807) is 0 Å². The van der Waals surface area contributed by atoms with Gasteiger partial charge in [0.15, 0.2) is 0 Å². The summed E-state index contributed by atoms with van der Waals surface area (Å²) in [5.41, 5.74) is 1.29. The lowest BCUT2D eigenvalue weighted by atomic mass is 10.3. The molecule has 3 heteroatoms. The molecule has 2 nitrogen and oxygen atoms in total. The Morgan fingerprint density at radius 3 is 2.67 bits per heavy atom. The van der Waals surface area contributed by atoms with Crippen molar-refractivity contribution in [2.45, 2.75) is 37.6 Å². The van der Waals surface area contributed by atoms with Crippen LogP contribution in [0.4, 0.5) is 0 Å². The molecule has 2 aliphatic rings. The third-order valence-electron chi connectivity index (χ3n) is 2.60. The highest BCUT2D eigenvalue weighted by molar-refractivity contribution is 9.10. The van der Waals surface area contributed by atoms with Crippen molar-refractivity contribution < 1.29 is 0 Å². The zero-order chi connectivity index (χ0) is 8.13. The fourth-order valence-electron chi connectivity index (χ4n) is 1.54. The molecule has 3 rings (SSSR count). The van der Waals surface area contributed by atoms with Gasteiger partial charge in [0.1, 0.15) is 0 Å². The molecule has 1 heterocycles. The summed E-state index contributed by atoms with van der Waals surface area (Å²) >= 11 is 3.57. The molecular formula is C9H11BrN2. The smallest absolute Gasteiger partial charge is 0.0797 e. The van der Waals surface area contributed by atoms with E-state index >= 15 is 0 Å². The van der Waals surface area contributed by atoms with E-state index in [1.807, 2.05) is 0 Å². The van der Waals surface area contributed by atoms with Crippen molar-refractivity contribution in [3.8, 4) is 0 Å². The molecule has 1 aromatic rings. The quantitative estimate of drug-likeness (QED) is 0.759. The first-order valence-corrected chi connectivity index (χ1v) is 5.38. The Balaban J connectivity index is 1.96. The second-order valence-corrected chi connectivity index (χ2v) is 4.70. The van der Waals surface area contributed by atoms with E-state index in [0.717, 1.165) is 5.92 Å². The summed E-state index contributed by atoms with van der Waals surface area (Å²) in [4.78, 5) is 0. The van der Waals surface area contributed by atoms with E-state index in [4.69, 9.17) is 0 Å². The van der Waals surface area contributed by atoms with Crippen LogP contribution in [-0.4, -0.2) is 9.78 Å². The predicted octanol–water partition coefficient (Wildman–Crippen LogP) is 2.86. The van der Waals surface area contributed by atoms with Gasteiger partial charge in [0, 0.05) is 12.1 Å². The minimum Gasteiger partial charge on any atom is -0.268 e. The summed E-state index contributed by atoms with van der Waals surface area (Å²) in [5.74, 6) is 0.763. The molecule has 0 saturated heterocycles. The van der Waals surface area contributed by atoms with E-state index in [2.05, 4.69) is 31.9 Å². The van der Waals surface area contributed by atoms with Crippen LogP contribution in [-0.2, 0) is 0 Å². The Hall–Kier alpha value is -0.310. The summed E-state index contributed by atoms with van der Waals surface area (Å²) < 4.78 is 3.36. The Morgan fingerprint density at radius 1 is 1.33 bits per heavy atom. The van der Waals surface area contributed by atoms with Crippen LogP contribution in [0, 0.1) is 0 Å². The number of halogens is 1. The molecule has 0 radical (unpaired) electrons. The third-order valence-corrected chi connectivity index (χ3v) is 3.21. The maximum atomic E-state index is 4.60. The maximum Gasteiger partial charge on any atom is 0.0797 e. The third kappa shape index (κ3) is 1.11. The van der Waals surface area contributed by atoms with Crippen molar-refractivity contribution in [1.82, 2.24) is 9.78 Å². The first-order chi connectivity index (χ1) is 5.84. The minimum atomic E-state index is 0.716. The number of hydrogen-bond acceptors (Lipinski definition) is 1. The molecule has 0 N–H and O–H groups in total. The van der Waals surface area contributed by atoms with Crippen molar-refractivity contribution >= 4 is 15.9 Å². The van der Waals surface area contributed by atoms with E-state index < -0.39 is 0 Å². The van der Waals surface area contributed by atoms with Crippen LogP contribution in [0.15, 0.2) is 10.7 Å². The highest BCUT2D eigenvalue weighted by Crippen LogP contribution is 2.44. The van der Waals surface area contributed by atoms with Gasteiger partial charge >= 0.3 is 0 Å². The van der Waals surface area contributed by atoms with Crippen molar-refractivity contribution in [3.63, 3.8) is 0 Å². The average molecular weight is 227 g/mol. The SMILES string of the molecule is Brc1cn(C2CC2)nc1C1CC1. The molecular weight excluding hydrogens is 216 g/mol. The van der Waals surface area contributed by atoms with Gasteiger partial charge in [-0.2, -0.15) is 5.10 Å². The van der Waals surface area contributed by atoms with Gasteiger partial charge in [-0.25, -0.2) is 0 Å². The zero-order valence-electron chi connectivity index (χ0n) is 6.83. The Kier molecular flexibility index (Phi) is 1.39. The summed E-state index contributed by atoms with van der Waals surface area (Å²) in [6, 6.07) is 0.716. The van der Waals surface area contributed by atoms with Crippen molar-refractivity contribution in [1.29, 1.82) is 0 Å². The summed E-state index contributed by atoms with van der Waals surface area (Å²) in [7, 11) is 0. The molecule has 64 valence electrons. The Labute approximate surface area is 80.1 Å². The van der Waals surface area contributed by atoms with Gasteiger partial charge in [-0.05, 0) is 41.6 Å². The van der Waals surface area contributed by atoms with Crippen molar-refractivity contribution in [3.05, 3.63) is 16.4 Å². The standard InChI is InChI=1S/C9H11BrN2/c10-8-5-12(7-3-4-7)11-9(8)6-1-2-6/h5-7H,1-4H2. The Bertz CT molecular complexity index is 310. The van der Waals surface area contributed by atoms with Crippen LogP contribution in [0.25, 0.3) is 0 Å². The summed E-state index contributed by atoms with van der Waals surface area (Å²) in [5, 5.41) is 4.60. The summed E-state index contributed by atoms with van der Waals surface area (Å²) in [6.45, 7) is 0. The van der Waals surface area contributed by atoms with Crippen LogP contribution in [0.2, 0.25) is 0 Å². The Morgan fingerprint density at radius 2 is 2.08 bits per heavy atom. The van der Waals surface area contributed by atoms with Crippen LogP contribution in [0.3, 0.4) is 0 Å². The van der Waals surface area contributed by atoms with Crippen LogP contribution in [0.5, 0.6) is 0 Å². The first kappa shape index (κ1) is 7.13. The van der Waals surface area contributed by atoms with Gasteiger partial charge in [-0.1, -0.05) is 0 Å². The van der Waals surface area contributed by atoms with Gasteiger partial charge in [-0.15, -0.1) is 0 Å².